The minimum absolute atomic E-state index is 0.0849. The van der Waals surface area contributed by atoms with Crippen molar-refractivity contribution in [3.8, 4) is 17.2 Å². The van der Waals surface area contributed by atoms with E-state index in [-0.39, 0.29) is 5.56 Å². The summed E-state index contributed by atoms with van der Waals surface area (Å²) >= 11 is 0. The van der Waals surface area contributed by atoms with Gasteiger partial charge in [0.15, 0.2) is 0 Å². The molecule has 96 valence electrons. The Balaban J connectivity index is 2.42. The number of H-pyrrole nitrogens is 1. The first-order valence-electron chi connectivity index (χ1n) is 6.33. The molecule has 0 bridgehead atoms. The molecular weight excluding hydrogens is 248 g/mol. The highest BCUT2D eigenvalue weighted by molar-refractivity contribution is 5.97. The second kappa shape index (κ2) is 4.67. The van der Waals surface area contributed by atoms with Crippen LogP contribution in [0.4, 0.5) is 0 Å². The Bertz CT molecular complexity index is 901. The Morgan fingerprint density at radius 1 is 1.05 bits per heavy atom. The molecule has 3 aromatic rings. The van der Waals surface area contributed by atoms with Crippen molar-refractivity contribution < 1.29 is 0 Å². The predicted octanol–water partition coefficient (Wildman–Crippen LogP) is 3.38. The van der Waals surface area contributed by atoms with Gasteiger partial charge in [0.05, 0.1) is 11.6 Å². The second-order valence-electron chi connectivity index (χ2n) is 4.69. The lowest BCUT2D eigenvalue weighted by atomic mass is 9.96. The Kier molecular flexibility index (Phi) is 2.85. The van der Waals surface area contributed by atoms with Crippen molar-refractivity contribution in [2.45, 2.75) is 6.92 Å². The van der Waals surface area contributed by atoms with Crippen molar-refractivity contribution in [1.29, 1.82) is 5.26 Å². The first-order valence-corrected chi connectivity index (χ1v) is 6.33. The van der Waals surface area contributed by atoms with Gasteiger partial charge < -0.3 is 4.98 Å². The number of hydrogen-bond acceptors (Lipinski definition) is 2. The zero-order valence-electron chi connectivity index (χ0n) is 11.0. The third kappa shape index (κ3) is 1.88. The normalized spacial score (nSPS) is 10.4. The van der Waals surface area contributed by atoms with Gasteiger partial charge in [-0.25, -0.2) is 0 Å². The lowest BCUT2D eigenvalue weighted by Gasteiger charge is -2.10. The van der Waals surface area contributed by atoms with Crippen molar-refractivity contribution in [2.24, 2.45) is 0 Å². The molecule has 0 saturated carbocycles. The number of pyridine rings is 1. The van der Waals surface area contributed by atoms with Gasteiger partial charge in [-0.2, -0.15) is 5.26 Å². The fourth-order valence-electron chi connectivity index (χ4n) is 2.52. The van der Waals surface area contributed by atoms with Gasteiger partial charge in [0.25, 0.3) is 5.56 Å². The average molecular weight is 260 g/mol. The van der Waals surface area contributed by atoms with Gasteiger partial charge in [0.1, 0.15) is 0 Å². The van der Waals surface area contributed by atoms with E-state index in [1.54, 1.807) is 6.07 Å². The monoisotopic (exact) mass is 260 g/mol. The molecule has 0 unspecified atom stereocenters. The highest BCUT2D eigenvalue weighted by atomic mass is 16.1. The minimum atomic E-state index is -0.0849. The third-order valence-corrected chi connectivity index (χ3v) is 3.40. The zero-order chi connectivity index (χ0) is 14.1. The summed E-state index contributed by atoms with van der Waals surface area (Å²) in [5.74, 6) is 0. The molecule has 0 aliphatic heterocycles. The molecule has 3 rings (SSSR count). The minimum Gasteiger partial charge on any atom is -0.325 e. The maximum atomic E-state index is 12.0. The van der Waals surface area contributed by atoms with Crippen molar-refractivity contribution >= 4 is 10.8 Å². The summed E-state index contributed by atoms with van der Waals surface area (Å²) < 4.78 is 0. The summed E-state index contributed by atoms with van der Waals surface area (Å²) in [6.07, 6.45) is 0. The zero-order valence-corrected chi connectivity index (χ0v) is 11.0. The number of aromatic nitrogens is 1. The third-order valence-electron chi connectivity index (χ3n) is 3.40. The lowest BCUT2D eigenvalue weighted by molar-refractivity contribution is 1.17. The molecule has 0 spiro atoms. The summed E-state index contributed by atoms with van der Waals surface area (Å²) in [6.45, 7) is 1.88. The van der Waals surface area contributed by atoms with E-state index < -0.39 is 0 Å². The largest absolute Gasteiger partial charge is 0.325 e. The van der Waals surface area contributed by atoms with Gasteiger partial charge in [-0.05, 0) is 36.1 Å². The molecule has 0 radical (unpaired) electrons. The van der Waals surface area contributed by atoms with Gasteiger partial charge in [-0.15, -0.1) is 0 Å². The number of nitrogens with one attached hydrogen (secondary N) is 1. The summed E-state index contributed by atoms with van der Waals surface area (Å²) in [5.41, 5.74) is 3.24. The number of benzene rings is 2. The van der Waals surface area contributed by atoms with Crippen LogP contribution in [0.3, 0.4) is 0 Å². The summed E-state index contributed by atoms with van der Waals surface area (Å²) in [5, 5.41) is 10.6. The Hall–Kier alpha value is -2.86. The number of aryl methyl sites for hydroxylation is 1. The molecule has 2 aromatic carbocycles. The van der Waals surface area contributed by atoms with E-state index >= 15 is 0 Å². The van der Waals surface area contributed by atoms with Gasteiger partial charge in [-0.1, -0.05) is 30.3 Å². The van der Waals surface area contributed by atoms with Crippen LogP contribution in [0.15, 0.2) is 53.3 Å². The van der Waals surface area contributed by atoms with Crippen molar-refractivity contribution in [3.63, 3.8) is 0 Å². The van der Waals surface area contributed by atoms with Gasteiger partial charge in [0, 0.05) is 16.6 Å². The molecule has 0 aliphatic rings. The Morgan fingerprint density at radius 2 is 1.80 bits per heavy atom. The standard InChI is InChI=1S/C17H12N2O/c1-11-16(13-6-4-5-12(9-13)10-18)14-7-2-3-8-15(14)17(20)19-11/h2-9H,1H3,(H,19,20). The topological polar surface area (TPSA) is 56.6 Å². The number of rotatable bonds is 1. The molecular formula is C17H12N2O. The molecule has 0 aliphatic carbocycles. The Morgan fingerprint density at radius 3 is 2.55 bits per heavy atom. The highest BCUT2D eigenvalue weighted by Crippen LogP contribution is 2.29. The van der Waals surface area contributed by atoms with Crippen molar-refractivity contribution in [2.75, 3.05) is 0 Å². The van der Waals surface area contributed by atoms with Crippen LogP contribution in [0.2, 0.25) is 0 Å². The fraction of sp³-hybridized carbons (Fsp3) is 0.0588. The second-order valence-corrected chi connectivity index (χ2v) is 4.69. The van der Waals surface area contributed by atoms with Gasteiger partial charge >= 0.3 is 0 Å². The lowest BCUT2D eigenvalue weighted by Crippen LogP contribution is -2.09. The van der Waals surface area contributed by atoms with Crippen LogP contribution >= 0.6 is 0 Å². The average Bonchev–Trinajstić information content (AvgIpc) is 2.47. The molecule has 1 heterocycles. The molecule has 0 atom stereocenters. The molecule has 0 amide bonds. The number of nitriles is 1. The Labute approximate surface area is 116 Å². The molecule has 0 fully saturated rings. The van der Waals surface area contributed by atoms with E-state index in [4.69, 9.17) is 5.26 Å². The van der Waals surface area contributed by atoms with Crippen LogP contribution in [0.5, 0.6) is 0 Å². The van der Waals surface area contributed by atoms with E-state index in [9.17, 15) is 4.79 Å². The van der Waals surface area contributed by atoms with Gasteiger partial charge in [0.2, 0.25) is 0 Å². The van der Waals surface area contributed by atoms with E-state index in [0.717, 1.165) is 22.2 Å². The number of fused-ring (bicyclic) bond motifs is 1. The smallest absolute Gasteiger partial charge is 0.256 e. The maximum absolute atomic E-state index is 12.0. The summed E-state index contributed by atoms with van der Waals surface area (Å²) in [6, 6.07) is 17.1. The number of aromatic amines is 1. The van der Waals surface area contributed by atoms with Crippen LogP contribution in [0.1, 0.15) is 11.3 Å². The number of nitrogens with zero attached hydrogens (tertiary/aromatic N) is 1. The molecule has 1 N–H and O–H groups in total. The van der Waals surface area contributed by atoms with Gasteiger partial charge in [-0.3, -0.25) is 4.79 Å². The van der Waals surface area contributed by atoms with E-state index in [2.05, 4.69) is 11.1 Å². The SMILES string of the molecule is Cc1[nH]c(=O)c2ccccc2c1-c1cccc(C#N)c1. The highest BCUT2D eigenvalue weighted by Gasteiger charge is 2.10. The van der Waals surface area contributed by atoms with Crippen LogP contribution in [0, 0.1) is 18.3 Å². The van der Waals surface area contributed by atoms with E-state index in [1.165, 1.54) is 0 Å². The van der Waals surface area contributed by atoms with Crippen LogP contribution in [-0.4, -0.2) is 4.98 Å². The van der Waals surface area contributed by atoms with Crippen molar-refractivity contribution in [3.05, 3.63) is 70.1 Å². The first kappa shape index (κ1) is 12.2. The summed E-state index contributed by atoms with van der Waals surface area (Å²) in [7, 11) is 0. The molecule has 20 heavy (non-hydrogen) atoms. The van der Waals surface area contributed by atoms with Crippen LogP contribution < -0.4 is 5.56 Å². The number of hydrogen-bond donors (Lipinski definition) is 1. The van der Waals surface area contributed by atoms with Crippen LogP contribution in [-0.2, 0) is 0 Å². The molecule has 0 saturated heterocycles. The van der Waals surface area contributed by atoms with E-state index in [0.29, 0.717) is 10.9 Å². The quantitative estimate of drug-likeness (QED) is 0.729. The van der Waals surface area contributed by atoms with Crippen molar-refractivity contribution in [1.82, 2.24) is 4.98 Å². The maximum Gasteiger partial charge on any atom is 0.256 e. The molecule has 3 heteroatoms. The predicted molar refractivity (Wildman–Crippen MR) is 79.5 cm³/mol. The fourth-order valence-corrected chi connectivity index (χ4v) is 2.52. The van der Waals surface area contributed by atoms with E-state index in [1.807, 2.05) is 49.4 Å². The molecule has 1 aromatic heterocycles. The summed E-state index contributed by atoms with van der Waals surface area (Å²) in [4.78, 5) is 14.9. The molecule has 3 nitrogen and oxygen atoms in total. The first-order chi connectivity index (χ1) is 9.70. The van der Waals surface area contributed by atoms with Crippen LogP contribution in [0.25, 0.3) is 21.9 Å².